The monoisotopic (exact) mass is 280 g/mol. The Labute approximate surface area is 120 Å². The van der Waals surface area contributed by atoms with E-state index in [4.69, 9.17) is 15.2 Å². The fourth-order valence-electron chi connectivity index (χ4n) is 1.74. The Morgan fingerprint density at radius 3 is 2.55 bits per heavy atom. The van der Waals surface area contributed by atoms with Crippen LogP contribution in [0.4, 0.5) is 0 Å². The van der Waals surface area contributed by atoms with E-state index in [9.17, 15) is 4.79 Å². The second-order valence-corrected chi connectivity index (χ2v) is 5.78. The third kappa shape index (κ3) is 5.09. The molecule has 1 atom stereocenters. The van der Waals surface area contributed by atoms with Crippen molar-refractivity contribution in [1.29, 1.82) is 0 Å². The Bertz CT molecular complexity index is 465. The van der Waals surface area contributed by atoms with Crippen molar-refractivity contribution in [2.45, 2.75) is 39.3 Å². The zero-order chi connectivity index (χ0) is 15.3. The van der Waals surface area contributed by atoms with Crippen LogP contribution in [0, 0.1) is 0 Å². The molecule has 0 spiro atoms. The van der Waals surface area contributed by atoms with Crippen LogP contribution in [0.2, 0.25) is 0 Å². The highest BCUT2D eigenvalue weighted by molar-refractivity contribution is 5.78. The van der Waals surface area contributed by atoms with Gasteiger partial charge in [0.15, 0.2) is 6.61 Å². The van der Waals surface area contributed by atoms with Crippen LogP contribution in [-0.2, 0) is 4.79 Å². The summed E-state index contributed by atoms with van der Waals surface area (Å²) in [5, 5.41) is 2.84. The van der Waals surface area contributed by atoms with E-state index in [1.807, 2.05) is 39.8 Å². The van der Waals surface area contributed by atoms with Crippen molar-refractivity contribution in [3.05, 3.63) is 23.8 Å². The maximum atomic E-state index is 11.8. The molecular weight excluding hydrogens is 256 g/mol. The molecule has 5 heteroatoms. The highest BCUT2D eigenvalue weighted by Gasteiger charge is 2.15. The molecule has 0 saturated carbocycles. The van der Waals surface area contributed by atoms with E-state index in [1.54, 1.807) is 13.2 Å². The van der Waals surface area contributed by atoms with Crippen molar-refractivity contribution in [1.82, 2.24) is 5.32 Å². The van der Waals surface area contributed by atoms with Gasteiger partial charge < -0.3 is 20.5 Å². The SMILES string of the molecule is COc1ccc(C(C)N)c(OCC(=O)NC(C)(C)C)c1. The molecule has 0 fully saturated rings. The van der Waals surface area contributed by atoms with E-state index in [0.29, 0.717) is 11.5 Å². The lowest BCUT2D eigenvalue weighted by Gasteiger charge is -2.21. The van der Waals surface area contributed by atoms with Gasteiger partial charge in [0.05, 0.1) is 7.11 Å². The maximum Gasteiger partial charge on any atom is 0.258 e. The summed E-state index contributed by atoms with van der Waals surface area (Å²) in [6, 6.07) is 5.23. The Hall–Kier alpha value is -1.75. The number of amides is 1. The Kier molecular flexibility index (Phi) is 5.39. The molecule has 0 bridgehead atoms. The van der Waals surface area contributed by atoms with Gasteiger partial charge >= 0.3 is 0 Å². The molecule has 0 aliphatic rings. The zero-order valence-electron chi connectivity index (χ0n) is 12.8. The zero-order valence-corrected chi connectivity index (χ0v) is 12.8. The topological polar surface area (TPSA) is 73.6 Å². The molecule has 3 N–H and O–H groups in total. The van der Waals surface area contributed by atoms with Gasteiger partial charge in [-0.2, -0.15) is 0 Å². The Morgan fingerprint density at radius 1 is 1.40 bits per heavy atom. The number of nitrogens with one attached hydrogen (secondary N) is 1. The third-order valence-corrected chi connectivity index (χ3v) is 2.58. The van der Waals surface area contributed by atoms with Gasteiger partial charge in [-0.25, -0.2) is 0 Å². The predicted octanol–water partition coefficient (Wildman–Crippen LogP) is 2.01. The fraction of sp³-hybridized carbons (Fsp3) is 0.533. The summed E-state index contributed by atoms with van der Waals surface area (Å²) in [4.78, 5) is 11.8. The predicted molar refractivity (Wildman–Crippen MR) is 79.0 cm³/mol. The average molecular weight is 280 g/mol. The van der Waals surface area contributed by atoms with Gasteiger partial charge in [0, 0.05) is 23.2 Å². The number of nitrogens with two attached hydrogens (primary N) is 1. The smallest absolute Gasteiger partial charge is 0.258 e. The van der Waals surface area contributed by atoms with E-state index >= 15 is 0 Å². The summed E-state index contributed by atoms with van der Waals surface area (Å²) < 4.78 is 10.7. The number of carbonyl (C=O) groups excluding carboxylic acids is 1. The second-order valence-electron chi connectivity index (χ2n) is 5.78. The Balaban J connectivity index is 2.78. The lowest BCUT2D eigenvalue weighted by atomic mass is 10.1. The minimum atomic E-state index is -0.279. The quantitative estimate of drug-likeness (QED) is 0.865. The maximum absolute atomic E-state index is 11.8. The summed E-state index contributed by atoms with van der Waals surface area (Å²) in [5.74, 6) is 1.07. The summed E-state index contributed by atoms with van der Waals surface area (Å²) in [7, 11) is 1.58. The number of methoxy groups -OCH3 is 1. The molecule has 0 radical (unpaired) electrons. The van der Waals surface area contributed by atoms with E-state index in [-0.39, 0.29) is 24.1 Å². The van der Waals surface area contributed by atoms with Crippen molar-refractivity contribution in [2.75, 3.05) is 13.7 Å². The Morgan fingerprint density at radius 2 is 2.05 bits per heavy atom. The van der Waals surface area contributed by atoms with Gasteiger partial charge in [-0.15, -0.1) is 0 Å². The number of carbonyl (C=O) groups is 1. The van der Waals surface area contributed by atoms with Gasteiger partial charge in [-0.05, 0) is 33.8 Å². The van der Waals surface area contributed by atoms with E-state index < -0.39 is 0 Å². The van der Waals surface area contributed by atoms with Crippen LogP contribution >= 0.6 is 0 Å². The highest BCUT2D eigenvalue weighted by Crippen LogP contribution is 2.28. The van der Waals surface area contributed by atoms with E-state index in [1.165, 1.54) is 0 Å². The van der Waals surface area contributed by atoms with E-state index in [0.717, 1.165) is 5.56 Å². The van der Waals surface area contributed by atoms with Crippen molar-refractivity contribution in [3.63, 3.8) is 0 Å². The van der Waals surface area contributed by atoms with Gasteiger partial charge in [0.2, 0.25) is 0 Å². The number of rotatable bonds is 5. The summed E-state index contributed by atoms with van der Waals surface area (Å²) in [6.45, 7) is 7.57. The number of benzene rings is 1. The van der Waals surface area contributed by atoms with Crippen LogP contribution in [0.1, 0.15) is 39.3 Å². The van der Waals surface area contributed by atoms with Crippen LogP contribution in [0.25, 0.3) is 0 Å². The van der Waals surface area contributed by atoms with Gasteiger partial charge in [0.1, 0.15) is 11.5 Å². The number of hydrogen-bond acceptors (Lipinski definition) is 4. The lowest BCUT2D eigenvalue weighted by molar-refractivity contribution is -0.124. The summed E-state index contributed by atoms with van der Waals surface area (Å²) in [5.41, 5.74) is 6.46. The molecule has 1 amide bonds. The van der Waals surface area contributed by atoms with Gasteiger partial charge in [-0.1, -0.05) is 6.07 Å². The molecule has 0 aliphatic carbocycles. The molecule has 0 saturated heterocycles. The molecule has 20 heavy (non-hydrogen) atoms. The largest absolute Gasteiger partial charge is 0.497 e. The first kappa shape index (κ1) is 16.3. The van der Waals surface area contributed by atoms with Crippen LogP contribution in [0.5, 0.6) is 11.5 Å². The average Bonchev–Trinajstić information content (AvgIpc) is 2.33. The molecule has 0 aliphatic heterocycles. The van der Waals surface area contributed by atoms with Crippen molar-refractivity contribution in [3.8, 4) is 11.5 Å². The normalized spacial score (nSPS) is 12.7. The van der Waals surface area contributed by atoms with Crippen molar-refractivity contribution in [2.24, 2.45) is 5.73 Å². The molecule has 0 heterocycles. The minimum Gasteiger partial charge on any atom is -0.497 e. The number of ether oxygens (including phenoxy) is 2. The molecule has 112 valence electrons. The first-order valence-electron chi connectivity index (χ1n) is 6.60. The summed E-state index contributed by atoms with van der Waals surface area (Å²) >= 11 is 0. The summed E-state index contributed by atoms with van der Waals surface area (Å²) in [6.07, 6.45) is 0. The fourth-order valence-corrected chi connectivity index (χ4v) is 1.74. The van der Waals surface area contributed by atoms with Crippen LogP contribution in [0.15, 0.2) is 18.2 Å². The molecular formula is C15H24N2O3. The highest BCUT2D eigenvalue weighted by atomic mass is 16.5. The lowest BCUT2D eigenvalue weighted by Crippen LogP contribution is -2.43. The molecule has 5 nitrogen and oxygen atoms in total. The first-order valence-corrected chi connectivity index (χ1v) is 6.60. The second kappa shape index (κ2) is 6.61. The first-order chi connectivity index (χ1) is 9.23. The number of hydrogen-bond donors (Lipinski definition) is 2. The molecule has 1 aromatic carbocycles. The molecule has 1 aromatic rings. The molecule has 1 unspecified atom stereocenters. The van der Waals surface area contributed by atoms with Gasteiger partial charge in [-0.3, -0.25) is 4.79 Å². The third-order valence-electron chi connectivity index (χ3n) is 2.58. The van der Waals surface area contributed by atoms with Crippen LogP contribution in [0.3, 0.4) is 0 Å². The van der Waals surface area contributed by atoms with Crippen molar-refractivity contribution >= 4 is 5.91 Å². The van der Waals surface area contributed by atoms with Crippen molar-refractivity contribution < 1.29 is 14.3 Å². The minimum absolute atomic E-state index is 0.0514. The standard InChI is InChI=1S/C15H24N2O3/c1-10(16)12-7-6-11(19-5)8-13(12)20-9-14(18)17-15(2,3)4/h6-8,10H,9,16H2,1-5H3,(H,17,18). The van der Waals surface area contributed by atoms with Gasteiger partial charge in [0.25, 0.3) is 5.91 Å². The molecule has 0 aromatic heterocycles. The van der Waals surface area contributed by atoms with Crippen LogP contribution in [-0.4, -0.2) is 25.2 Å². The van der Waals surface area contributed by atoms with E-state index in [2.05, 4.69) is 5.32 Å². The van der Waals surface area contributed by atoms with Crippen LogP contribution < -0.4 is 20.5 Å². The molecule has 1 rings (SSSR count).